The van der Waals surface area contributed by atoms with Gasteiger partial charge in [-0.25, -0.2) is 4.98 Å². The Morgan fingerprint density at radius 2 is 2.10 bits per heavy atom. The quantitative estimate of drug-likeness (QED) is 0.410. The van der Waals surface area contributed by atoms with Gasteiger partial charge in [-0.15, -0.1) is 0 Å². The zero-order valence-corrected chi connectivity index (χ0v) is 12.3. The van der Waals surface area contributed by atoms with Crippen LogP contribution in [-0.4, -0.2) is 28.0 Å². The number of nitrogens with zero attached hydrogens (tertiary/aromatic N) is 3. The van der Waals surface area contributed by atoms with E-state index in [0.29, 0.717) is 25.0 Å². The Labute approximate surface area is 119 Å². The summed E-state index contributed by atoms with van der Waals surface area (Å²) >= 11 is 0. The topological polar surface area (TPSA) is 93.0 Å². The number of anilines is 2. The summed E-state index contributed by atoms with van der Waals surface area (Å²) in [5.41, 5.74) is -0.0875. The lowest BCUT2D eigenvalue weighted by Gasteiger charge is -2.08. The molecule has 0 fully saturated rings. The normalized spacial score (nSPS) is 10.6. The van der Waals surface area contributed by atoms with Crippen molar-refractivity contribution in [2.75, 3.05) is 23.7 Å². The molecule has 7 heteroatoms. The first-order valence-corrected chi connectivity index (χ1v) is 7.03. The smallest absolute Gasteiger partial charge is 0.329 e. The summed E-state index contributed by atoms with van der Waals surface area (Å²) in [6.07, 6.45) is 4.47. The molecule has 0 amide bonds. The van der Waals surface area contributed by atoms with Crippen LogP contribution in [0.2, 0.25) is 0 Å². The van der Waals surface area contributed by atoms with Crippen molar-refractivity contribution in [3.8, 4) is 0 Å². The Kier molecular flexibility index (Phi) is 6.69. The molecule has 1 heterocycles. The molecule has 1 aromatic rings. The number of rotatable bonds is 9. The van der Waals surface area contributed by atoms with Crippen molar-refractivity contribution < 1.29 is 4.92 Å². The molecule has 7 nitrogen and oxygen atoms in total. The van der Waals surface area contributed by atoms with E-state index >= 15 is 0 Å². The van der Waals surface area contributed by atoms with Crippen LogP contribution in [0, 0.1) is 16.0 Å². The van der Waals surface area contributed by atoms with Crippen LogP contribution in [0.25, 0.3) is 0 Å². The first-order valence-electron chi connectivity index (χ1n) is 7.03. The maximum atomic E-state index is 10.9. The van der Waals surface area contributed by atoms with Gasteiger partial charge in [0.25, 0.3) is 0 Å². The minimum Gasteiger partial charge on any atom is -0.364 e. The Balaban J connectivity index is 2.60. The van der Waals surface area contributed by atoms with E-state index in [4.69, 9.17) is 0 Å². The van der Waals surface area contributed by atoms with Gasteiger partial charge >= 0.3 is 5.69 Å². The van der Waals surface area contributed by atoms with Crippen molar-refractivity contribution >= 4 is 17.5 Å². The third kappa shape index (κ3) is 5.38. The molecule has 0 saturated carbocycles. The summed E-state index contributed by atoms with van der Waals surface area (Å²) in [5, 5.41) is 16.9. The fourth-order valence-corrected chi connectivity index (χ4v) is 1.77. The largest absolute Gasteiger partial charge is 0.364 e. The Morgan fingerprint density at radius 3 is 2.70 bits per heavy atom. The molecule has 1 rings (SSSR count). The van der Waals surface area contributed by atoms with E-state index in [-0.39, 0.29) is 11.5 Å². The molecule has 0 aliphatic heterocycles. The second-order valence-electron chi connectivity index (χ2n) is 5.03. The van der Waals surface area contributed by atoms with Crippen LogP contribution in [0.1, 0.15) is 40.0 Å². The highest BCUT2D eigenvalue weighted by atomic mass is 16.6. The first kappa shape index (κ1) is 16.1. The maximum Gasteiger partial charge on any atom is 0.329 e. The summed E-state index contributed by atoms with van der Waals surface area (Å²) in [5.74, 6) is 1.37. The number of aromatic nitrogens is 2. The van der Waals surface area contributed by atoms with E-state index in [1.165, 1.54) is 6.20 Å². The summed E-state index contributed by atoms with van der Waals surface area (Å²) in [4.78, 5) is 18.5. The second kappa shape index (κ2) is 8.29. The van der Waals surface area contributed by atoms with Crippen molar-refractivity contribution in [2.45, 2.75) is 40.0 Å². The van der Waals surface area contributed by atoms with Crippen LogP contribution in [0.5, 0.6) is 0 Å². The molecule has 0 bridgehead atoms. The van der Waals surface area contributed by atoms with Gasteiger partial charge in [0.1, 0.15) is 6.20 Å². The molecular weight excluding hydrogens is 258 g/mol. The highest BCUT2D eigenvalue weighted by Crippen LogP contribution is 2.22. The first-order chi connectivity index (χ1) is 9.54. The van der Waals surface area contributed by atoms with Crippen molar-refractivity contribution in [2.24, 2.45) is 5.92 Å². The molecular formula is C13H23N5O2. The van der Waals surface area contributed by atoms with Crippen LogP contribution < -0.4 is 10.6 Å². The number of nitro groups is 1. The predicted octanol–water partition coefficient (Wildman–Crippen LogP) is 3.05. The monoisotopic (exact) mass is 281 g/mol. The molecule has 0 aliphatic rings. The minimum absolute atomic E-state index is 0.0875. The molecule has 0 unspecified atom stereocenters. The highest BCUT2D eigenvalue weighted by Gasteiger charge is 2.16. The molecule has 0 saturated heterocycles. The zero-order valence-electron chi connectivity index (χ0n) is 12.3. The molecule has 1 aromatic heterocycles. The molecule has 0 aromatic carbocycles. The number of hydrogen-bond acceptors (Lipinski definition) is 6. The molecule has 20 heavy (non-hydrogen) atoms. The van der Waals surface area contributed by atoms with Crippen LogP contribution in [0.15, 0.2) is 6.20 Å². The molecule has 0 spiro atoms. The van der Waals surface area contributed by atoms with E-state index in [1.54, 1.807) is 0 Å². The van der Waals surface area contributed by atoms with Gasteiger partial charge in [0.15, 0.2) is 0 Å². The van der Waals surface area contributed by atoms with E-state index in [9.17, 15) is 10.1 Å². The van der Waals surface area contributed by atoms with Gasteiger partial charge in [-0.2, -0.15) is 4.98 Å². The fourth-order valence-electron chi connectivity index (χ4n) is 1.77. The van der Waals surface area contributed by atoms with Crippen molar-refractivity contribution in [1.29, 1.82) is 0 Å². The number of nitrogens with one attached hydrogen (secondary N) is 2. The molecule has 112 valence electrons. The Bertz CT molecular complexity index is 437. The average Bonchev–Trinajstić information content (AvgIpc) is 2.38. The summed E-state index contributed by atoms with van der Waals surface area (Å²) in [7, 11) is 0. The summed E-state index contributed by atoms with van der Waals surface area (Å²) < 4.78 is 0. The predicted molar refractivity (Wildman–Crippen MR) is 80.0 cm³/mol. The fraction of sp³-hybridized carbons (Fsp3) is 0.692. The van der Waals surface area contributed by atoms with Crippen LogP contribution in [0.3, 0.4) is 0 Å². The van der Waals surface area contributed by atoms with Gasteiger partial charge in [0.2, 0.25) is 11.8 Å². The minimum atomic E-state index is -0.466. The number of unbranched alkanes of at least 4 members (excludes halogenated alkanes) is 1. The lowest BCUT2D eigenvalue weighted by Crippen LogP contribution is -2.10. The zero-order chi connectivity index (χ0) is 15.0. The second-order valence-corrected chi connectivity index (χ2v) is 5.03. The highest BCUT2D eigenvalue weighted by molar-refractivity contribution is 5.56. The SMILES string of the molecule is CCNc1ncc([N+](=O)[O-])c(NCCCCC(C)C)n1. The third-order valence-electron chi connectivity index (χ3n) is 2.80. The lowest BCUT2D eigenvalue weighted by molar-refractivity contribution is -0.384. The molecule has 0 atom stereocenters. The van der Waals surface area contributed by atoms with Gasteiger partial charge < -0.3 is 10.6 Å². The van der Waals surface area contributed by atoms with Crippen molar-refractivity contribution in [3.63, 3.8) is 0 Å². The Morgan fingerprint density at radius 1 is 1.35 bits per heavy atom. The van der Waals surface area contributed by atoms with Gasteiger partial charge in [-0.3, -0.25) is 10.1 Å². The molecule has 0 aliphatic carbocycles. The third-order valence-corrected chi connectivity index (χ3v) is 2.80. The van der Waals surface area contributed by atoms with E-state index in [2.05, 4.69) is 34.4 Å². The maximum absolute atomic E-state index is 10.9. The van der Waals surface area contributed by atoms with Crippen molar-refractivity contribution in [1.82, 2.24) is 9.97 Å². The van der Waals surface area contributed by atoms with Crippen molar-refractivity contribution in [3.05, 3.63) is 16.3 Å². The number of hydrogen-bond donors (Lipinski definition) is 2. The molecule has 2 N–H and O–H groups in total. The van der Waals surface area contributed by atoms with E-state index < -0.39 is 4.92 Å². The van der Waals surface area contributed by atoms with Gasteiger partial charge in [0, 0.05) is 13.1 Å². The van der Waals surface area contributed by atoms with Gasteiger partial charge in [0.05, 0.1) is 4.92 Å². The Hall–Kier alpha value is -1.92. The summed E-state index contributed by atoms with van der Waals surface area (Å²) in [6.45, 7) is 7.64. The standard InChI is InChI=1S/C13H23N5O2/c1-4-14-13-16-9-11(18(19)20)12(17-13)15-8-6-5-7-10(2)3/h9-10H,4-8H2,1-3H3,(H2,14,15,16,17). The van der Waals surface area contributed by atoms with Crippen LogP contribution in [0.4, 0.5) is 17.5 Å². The summed E-state index contributed by atoms with van der Waals surface area (Å²) in [6, 6.07) is 0. The van der Waals surface area contributed by atoms with E-state index in [1.807, 2.05) is 6.92 Å². The average molecular weight is 281 g/mol. The van der Waals surface area contributed by atoms with Crippen LogP contribution >= 0.6 is 0 Å². The molecule has 0 radical (unpaired) electrons. The van der Waals surface area contributed by atoms with Gasteiger partial charge in [-0.05, 0) is 19.3 Å². The lowest BCUT2D eigenvalue weighted by atomic mass is 10.1. The van der Waals surface area contributed by atoms with Crippen LogP contribution in [-0.2, 0) is 0 Å². The van der Waals surface area contributed by atoms with Gasteiger partial charge in [-0.1, -0.05) is 26.7 Å². The van der Waals surface area contributed by atoms with E-state index in [0.717, 1.165) is 19.3 Å².